The van der Waals surface area contributed by atoms with E-state index in [9.17, 15) is 0 Å². The lowest BCUT2D eigenvalue weighted by Crippen LogP contribution is -1.89. The molecule has 1 N–H and O–H groups in total. The quantitative estimate of drug-likeness (QED) is 0.420. The van der Waals surface area contributed by atoms with Crippen LogP contribution < -0.4 is 5.32 Å². The van der Waals surface area contributed by atoms with Gasteiger partial charge in [-0.3, -0.25) is 0 Å². The van der Waals surface area contributed by atoms with Crippen molar-refractivity contribution in [2.75, 3.05) is 5.32 Å². The van der Waals surface area contributed by atoms with Crippen molar-refractivity contribution in [2.24, 2.45) is 0 Å². The summed E-state index contributed by atoms with van der Waals surface area (Å²) in [6, 6.07) is 8.06. The minimum atomic E-state index is 0. The highest BCUT2D eigenvalue weighted by atomic mass is 79.9. The first-order valence-electron chi connectivity index (χ1n) is 6.04. The molecule has 1 aromatic carbocycles. The zero-order chi connectivity index (χ0) is 14.1. The van der Waals surface area contributed by atoms with Crippen LogP contribution in [0.1, 0.15) is 10.7 Å². The maximum Gasteiger partial charge on any atom is 0.187 e. The van der Waals surface area contributed by atoms with E-state index in [0.717, 1.165) is 36.6 Å². The van der Waals surface area contributed by atoms with Crippen LogP contribution in [0.15, 0.2) is 34.1 Å². The second kappa shape index (κ2) is 8.54. The Morgan fingerprint density at radius 1 is 1.05 bits per heavy atom. The van der Waals surface area contributed by atoms with Gasteiger partial charge in [-0.25, -0.2) is 9.97 Å². The minimum Gasteiger partial charge on any atom is -0.332 e. The normalized spacial score (nSPS) is 9.77. The van der Waals surface area contributed by atoms with E-state index in [1.54, 1.807) is 22.7 Å². The van der Waals surface area contributed by atoms with Crippen molar-refractivity contribution >= 4 is 83.4 Å². The Morgan fingerprint density at radius 3 is 2.32 bits per heavy atom. The standard InChI is InChI=1S/C14H12BrN3S2.2BrH/c1-8-13(20-9(2)16-8)12-7-19-14(18-12)17-11-5-3-10(15)4-6-11;;/h3-7H,1-2H3,(H,17,18);2*1H. The Balaban J connectivity index is 0.00000121. The summed E-state index contributed by atoms with van der Waals surface area (Å²) >= 11 is 6.72. The first-order chi connectivity index (χ1) is 9.61. The number of thiazole rings is 2. The summed E-state index contributed by atoms with van der Waals surface area (Å²) in [4.78, 5) is 10.2. The molecule has 0 saturated heterocycles. The molecule has 3 aromatic rings. The molecule has 3 rings (SSSR count). The number of aryl methyl sites for hydroxylation is 2. The van der Waals surface area contributed by atoms with Gasteiger partial charge in [0.15, 0.2) is 5.13 Å². The molecular weight excluding hydrogens is 514 g/mol. The van der Waals surface area contributed by atoms with E-state index in [1.807, 2.05) is 38.1 Å². The van der Waals surface area contributed by atoms with Crippen LogP contribution in [0.4, 0.5) is 10.8 Å². The van der Waals surface area contributed by atoms with Gasteiger partial charge in [0.25, 0.3) is 0 Å². The summed E-state index contributed by atoms with van der Waals surface area (Å²) in [5, 5.41) is 7.36. The van der Waals surface area contributed by atoms with E-state index >= 15 is 0 Å². The van der Waals surface area contributed by atoms with Gasteiger partial charge in [0.1, 0.15) is 0 Å². The molecule has 2 heterocycles. The predicted molar refractivity (Wildman–Crippen MR) is 111 cm³/mol. The fourth-order valence-corrected chi connectivity index (χ4v) is 3.80. The lowest BCUT2D eigenvalue weighted by atomic mass is 10.3. The molecule has 0 aliphatic carbocycles. The van der Waals surface area contributed by atoms with Gasteiger partial charge in [0.2, 0.25) is 0 Å². The maximum absolute atomic E-state index is 4.64. The third-order valence-electron chi connectivity index (χ3n) is 2.74. The number of anilines is 2. The van der Waals surface area contributed by atoms with Crippen LogP contribution >= 0.6 is 72.6 Å². The number of nitrogens with zero attached hydrogens (tertiary/aromatic N) is 2. The molecule has 8 heteroatoms. The smallest absolute Gasteiger partial charge is 0.187 e. The summed E-state index contributed by atoms with van der Waals surface area (Å²) in [5.41, 5.74) is 3.08. The first-order valence-corrected chi connectivity index (χ1v) is 8.53. The Kier molecular flexibility index (Phi) is 7.67. The van der Waals surface area contributed by atoms with Gasteiger partial charge in [-0.1, -0.05) is 15.9 Å². The second-order valence-electron chi connectivity index (χ2n) is 4.32. The molecule has 0 fully saturated rings. The fourth-order valence-electron chi connectivity index (χ4n) is 1.86. The molecule has 0 bridgehead atoms. The number of benzene rings is 1. The number of rotatable bonds is 3. The molecule has 2 aromatic heterocycles. The fraction of sp³-hybridized carbons (Fsp3) is 0.143. The molecule has 0 aliphatic rings. The molecule has 118 valence electrons. The lowest BCUT2D eigenvalue weighted by Gasteiger charge is -2.01. The van der Waals surface area contributed by atoms with Gasteiger partial charge < -0.3 is 5.32 Å². The van der Waals surface area contributed by atoms with Crippen molar-refractivity contribution in [3.8, 4) is 10.6 Å². The zero-order valence-electron chi connectivity index (χ0n) is 11.8. The molecule has 0 spiro atoms. The van der Waals surface area contributed by atoms with Crippen LogP contribution in [0.5, 0.6) is 0 Å². The highest BCUT2D eigenvalue weighted by Crippen LogP contribution is 2.33. The van der Waals surface area contributed by atoms with Crippen LogP contribution in [0.25, 0.3) is 10.6 Å². The molecule has 0 saturated carbocycles. The molecule has 22 heavy (non-hydrogen) atoms. The Labute approximate surface area is 166 Å². The average molecular weight is 528 g/mol. The minimum absolute atomic E-state index is 0. The van der Waals surface area contributed by atoms with E-state index in [4.69, 9.17) is 0 Å². The highest BCUT2D eigenvalue weighted by Gasteiger charge is 2.11. The highest BCUT2D eigenvalue weighted by molar-refractivity contribution is 9.10. The summed E-state index contributed by atoms with van der Waals surface area (Å²) in [6.45, 7) is 4.05. The van der Waals surface area contributed by atoms with Crippen molar-refractivity contribution in [3.05, 3.63) is 44.8 Å². The SMILES string of the molecule is Br.Br.Cc1nc(C)c(-c2csc(Nc3ccc(Br)cc3)n2)s1. The molecule has 0 aliphatic heterocycles. The Hall–Kier alpha value is -0.280. The van der Waals surface area contributed by atoms with E-state index in [1.165, 1.54) is 0 Å². The van der Waals surface area contributed by atoms with Gasteiger partial charge in [0, 0.05) is 15.5 Å². The molecule has 0 unspecified atom stereocenters. The molecule has 3 nitrogen and oxygen atoms in total. The van der Waals surface area contributed by atoms with Crippen LogP contribution in [-0.4, -0.2) is 9.97 Å². The van der Waals surface area contributed by atoms with Crippen LogP contribution in [-0.2, 0) is 0 Å². The van der Waals surface area contributed by atoms with Crippen LogP contribution in [0.2, 0.25) is 0 Å². The van der Waals surface area contributed by atoms with Gasteiger partial charge in [-0.15, -0.1) is 56.6 Å². The Morgan fingerprint density at radius 2 is 1.73 bits per heavy atom. The van der Waals surface area contributed by atoms with E-state index in [0.29, 0.717) is 0 Å². The van der Waals surface area contributed by atoms with Crippen molar-refractivity contribution in [1.29, 1.82) is 0 Å². The zero-order valence-corrected chi connectivity index (χ0v) is 18.4. The summed E-state index contributed by atoms with van der Waals surface area (Å²) < 4.78 is 1.07. The number of hydrogen-bond donors (Lipinski definition) is 1. The number of aromatic nitrogens is 2. The van der Waals surface area contributed by atoms with Crippen LogP contribution in [0, 0.1) is 13.8 Å². The second-order valence-corrected chi connectivity index (χ2v) is 7.29. The number of hydrogen-bond acceptors (Lipinski definition) is 5. The third kappa shape index (κ3) is 4.61. The summed E-state index contributed by atoms with van der Waals surface area (Å²) in [7, 11) is 0. The van der Waals surface area contributed by atoms with Crippen molar-refractivity contribution in [1.82, 2.24) is 9.97 Å². The van der Waals surface area contributed by atoms with E-state index in [-0.39, 0.29) is 34.0 Å². The van der Waals surface area contributed by atoms with Crippen molar-refractivity contribution in [2.45, 2.75) is 13.8 Å². The molecule has 0 amide bonds. The molecule has 0 radical (unpaired) electrons. The van der Waals surface area contributed by atoms with Crippen molar-refractivity contribution < 1.29 is 0 Å². The largest absolute Gasteiger partial charge is 0.332 e. The van der Waals surface area contributed by atoms with Crippen molar-refractivity contribution in [3.63, 3.8) is 0 Å². The molecule has 0 atom stereocenters. The van der Waals surface area contributed by atoms with Gasteiger partial charge >= 0.3 is 0 Å². The first kappa shape index (κ1) is 19.8. The van der Waals surface area contributed by atoms with Gasteiger partial charge in [0.05, 0.1) is 21.3 Å². The lowest BCUT2D eigenvalue weighted by molar-refractivity contribution is 1.20. The molecular formula is C14H14Br3N3S2. The Bertz CT molecular complexity index is 738. The predicted octanol–water partition coefficient (Wildman–Crippen LogP) is 6.55. The third-order valence-corrected chi connectivity index (χ3v) is 5.12. The van der Waals surface area contributed by atoms with E-state index < -0.39 is 0 Å². The van der Waals surface area contributed by atoms with Crippen LogP contribution in [0.3, 0.4) is 0 Å². The maximum atomic E-state index is 4.64. The van der Waals surface area contributed by atoms with Gasteiger partial charge in [-0.2, -0.15) is 0 Å². The summed E-state index contributed by atoms with van der Waals surface area (Å²) in [6.07, 6.45) is 0. The number of nitrogens with one attached hydrogen (secondary N) is 1. The topological polar surface area (TPSA) is 37.8 Å². The summed E-state index contributed by atoms with van der Waals surface area (Å²) in [5.74, 6) is 0. The van der Waals surface area contributed by atoms with Gasteiger partial charge in [-0.05, 0) is 38.1 Å². The van der Waals surface area contributed by atoms with E-state index in [2.05, 4.69) is 36.6 Å². The number of halogens is 3. The average Bonchev–Trinajstić information content (AvgIpc) is 2.99. The monoisotopic (exact) mass is 525 g/mol.